The van der Waals surface area contributed by atoms with E-state index in [0.29, 0.717) is 9.54 Å². The summed E-state index contributed by atoms with van der Waals surface area (Å²) in [6.45, 7) is 18.2. The Labute approximate surface area is 259 Å². The zero-order valence-corrected chi connectivity index (χ0v) is 30.5. The quantitative estimate of drug-likeness (QED) is 0.357. The van der Waals surface area contributed by atoms with E-state index in [1.165, 1.54) is 17.2 Å². The Morgan fingerprint density at radius 3 is 2.16 bits per heavy atom. The maximum absolute atomic E-state index is 6.40. The second kappa shape index (κ2) is 10.4. The Bertz CT molecular complexity index is 1440. The van der Waals surface area contributed by atoms with Crippen LogP contribution in [0.5, 0.6) is 0 Å². The first-order valence-corrected chi connectivity index (χ1v) is 24.4. The Balaban J connectivity index is 0.00000168. The molecule has 0 saturated carbocycles. The predicted molar refractivity (Wildman–Crippen MR) is 158 cm³/mol. The fourth-order valence-electron chi connectivity index (χ4n) is 6.69. The Morgan fingerprint density at radius 2 is 1.47 bits per heavy atom. The molecule has 0 spiro atoms. The fraction of sp³-hybridized carbons (Fsp3) is 0.355. The first-order chi connectivity index (χ1) is 16.9. The number of allylic oxidation sites excluding steroid dienone is 1. The van der Waals surface area contributed by atoms with E-state index in [0.717, 1.165) is 6.61 Å². The third kappa shape index (κ3) is 4.83. The van der Waals surface area contributed by atoms with E-state index in [9.17, 15) is 0 Å². The fourth-order valence-corrected chi connectivity index (χ4v) is 14.9. The van der Waals surface area contributed by atoms with Gasteiger partial charge in [-0.15, -0.1) is 0 Å². The van der Waals surface area contributed by atoms with Gasteiger partial charge in [-0.25, -0.2) is 0 Å². The van der Waals surface area contributed by atoms with E-state index in [-0.39, 0.29) is 24.8 Å². The Morgan fingerprint density at radius 1 is 0.842 bits per heavy atom. The van der Waals surface area contributed by atoms with Gasteiger partial charge in [0.2, 0.25) is 0 Å². The number of benzene rings is 3. The summed E-state index contributed by atoms with van der Waals surface area (Å²) in [7, 11) is -4.71. The van der Waals surface area contributed by atoms with Gasteiger partial charge in [0.05, 0.1) is 0 Å². The summed E-state index contributed by atoms with van der Waals surface area (Å²) >= 11 is 1.61. The maximum Gasteiger partial charge on any atom is -1.00 e. The van der Waals surface area contributed by atoms with Crippen molar-refractivity contribution in [3.63, 3.8) is 0 Å². The summed E-state index contributed by atoms with van der Waals surface area (Å²) in [6, 6.07) is 22.3. The standard InChI is InChI=1S/C31H37OSi3.2ClH.Zr/c1-33(2,3)32-16-17-34(4,5)27-19-22-13-9-11-15-24(22)29(27)30-26-18-21-12-8-10-14-23(21)25(26)20-28-31(30)35(28,6)7;;;/h8-15,18-20,29H,16-17H2,1-7H3;2*1H;/q;;;+2/p-2. The summed E-state index contributed by atoms with van der Waals surface area (Å²) in [5.41, 5.74) is 11.0. The van der Waals surface area contributed by atoms with Gasteiger partial charge in [0, 0.05) is 0 Å². The molecule has 3 aromatic rings. The van der Waals surface area contributed by atoms with Crippen molar-refractivity contribution in [3.8, 4) is 11.1 Å². The monoisotopic (exact) mass is 669 g/mol. The number of rotatable bonds is 6. The molecule has 3 aromatic carbocycles. The zero-order valence-electron chi connectivity index (χ0n) is 23.5. The summed E-state index contributed by atoms with van der Waals surface area (Å²) in [5.74, 6) is 0.421. The van der Waals surface area contributed by atoms with Gasteiger partial charge in [-0.3, -0.25) is 0 Å². The van der Waals surface area contributed by atoms with Crippen LogP contribution in [0.4, 0.5) is 0 Å². The molecule has 2 atom stereocenters. The molecule has 0 radical (unpaired) electrons. The van der Waals surface area contributed by atoms with E-state index < -0.39 is 24.5 Å². The average Bonchev–Trinajstić information content (AvgIpc) is 3.09. The van der Waals surface area contributed by atoms with E-state index in [1.807, 2.05) is 0 Å². The van der Waals surface area contributed by atoms with E-state index >= 15 is 0 Å². The van der Waals surface area contributed by atoms with Crippen LogP contribution in [0.25, 0.3) is 17.2 Å². The molecule has 197 valence electrons. The molecule has 2 unspecified atom stereocenters. The van der Waals surface area contributed by atoms with E-state index in [1.54, 1.807) is 68.1 Å². The van der Waals surface area contributed by atoms with Crippen LogP contribution in [0.3, 0.4) is 0 Å². The van der Waals surface area contributed by atoms with Crippen LogP contribution < -0.4 is 35.2 Å². The smallest absolute Gasteiger partial charge is 1.00 e. The van der Waals surface area contributed by atoms with Crippen LogP contribution in [0.15, 0.2) is 59.8 Å². The molecular formula is C31H37Cl2OSi3Zr. The van der Waals surface area contributed by atoms with Gasteiger partial charge >= 0.3 is 237 Å². The minimum absolute atomic E-state index is 0. The second-order valence-electron chi connectivity index (χ2n) is 13.1. The normalized spacial score (nSPS) is 19.9. The largest absolute Gasteiger partial charge is 1.00 e. The van der Waals surface area contributed by atoms with Crippen LogP contribution in [0, 0.1) is 0 Å². The SMILES string of the molecule is C[Si](C)(C)OCC[Si](C)(C)C1=Cc2ccccc2C1c1c2c(cc3c1[Si]3(C)C)-c1ccccc1[CH]2[Zr+2].[Cl-].[Cl-]. The molecule has 0 bridgehead atoms. The molecule has 7 heteroatoms. The third-order valence-corrected chi connectivity index (χ3v) is 18.0. The number of fused-ring (bicyclic) bond motifs is 5. The number of halogens is 2. The molecule has 1 aliphatic heterocycles. The molecule has 2 aliphatic carbocycles. The molecule has 1 nitrogen and oxygen atoms in total. The minimum atomic E-state index is -1.71. The molecule has 1 heterocycles. The predicted octanol–water partition coefficient (Wildman–Crippen LogP) is 1.08. The maximum atomic E-state index is 6.40. The van der Waals surface area contributed by atoms with Crippen molar-refractivity contribution >= 4 is 40.9 Å². The molecular weight excluding hydrogens is 635 g/mol. The topological polar surface area (TPSA) is 9.23 Å². The van der Waals surface area contributed by atoms with Crippen molar-refractivity contribution in [3.05, 3.63) is 87.6 Å². The zero-order chi connectivity index (χ0) is 25.6. The van der Waals surface area contributed by atoms with E-state index in [2.05, 4.69) is 107 Å². The molecule has 6 rings (SSSR count). The van der Waals surface area contributed by atoms with Crippen molar-refractivity contribution < 1.29 is 54.0 Å². The molecule has 0 aromatic heterocycles. The van der Waals surface area contributed by atoms with Gasteiger partial charge < -0.3 is 24.8 Å². The molecule has 38 heavy (non-hydrogen) atoms. The summed E-state index contributed by atoms with van der Waals surface area (Å²) in [4.78, 5) is 0. The van der Waals surface area contributed by atoms with Crippen LogP contribution in [-0.4, -0.2) is 31.1 Å². The van der Waals surface area contributed by atoms with Crippen molar-refractivity contribution in [2.24, 2.45) is 0 Å². The summed E-state index contributed by atoms with van der Waals surface area (Å²) < 4.78 is 6.94. The van der Waals surface area contributed by atoms with Crippen molar-refractivity contribution in [1.82, 2.24) is 0 Å². The summed E-state index contributed by atoms with van der Waals surface area (Å²) in [6.07, 6.45) is 2.60. The number of hydrogen-bond acceptors (Lipinski definition) is 1. The molecule has 0 fully saturated rings. The van der Waals surface area contributed by atoms with Gasteiger partial charge in [0.15, 0.2) is 0 Å². The minimum Gasteiger partial charge on any atom is -1.00 e. The average molecular weight is 672 g/mol. The van der Waals surface area contributed by atoms with Crippen LogP contribution in [0.1, 0.15) is 37.4 Å². The van der Waals surface area contributed by atoms with Gasteiger partial charge in [0.1, 0.15) is 0 Å². The van der Waals surface area contributed by atoms with Gasteiger partial charge in [0.25, 0.3) is 0 Å². The Kier molecular flexibility index (Phi) is 8.32. The van der Waals surface area contributed by atoms with E-state index in [4.69, 9.17) is 4.43 Å². The third-order valence-electron chi connectivity index (χ3n) is 8.76. The van der Waals surface area contributed by atoms with Crippen LogP contribution in [0.2, 0.25) is 51.9 Å². The first-order valence-electron chi connectivity index (χ1n) is 13.4. The molecule has 3 aliphatic rings. The van der Waals surface area contributed by atoms with Gasteiger partial charge in [-0.05, 0) is 0 Å². The van der Waals surface area contributed by atoms with Gasteiger partial charge in [-0.1, -0.05) is 0 Å². The Hall–Kier alpha value is -0.526. The molecule has 0 amide bonds. The van der Waals surface area contributed by atoms with Crippen molar-refractivity contribution in [1.29, 1.82) is 0 Å². The first kappa shape index (κ1) is 30.4. The van der Waals surface area contributed by atoms with Gasteiger partial charge in [-0.2, -0.15) is 0 Å². The molecule has 0 N–H and O–H groups in total. The van der Waals surface area contributed by atoms with Crippen molar-refractivity contribution in [2.75, 3.05) is 6.61 Å². The number of hydrogen-bond donors (Lipinski definition) is 0. The molecule has 0 saturated heterocycles. The van der Waals surface area contributed by atoms with Crippen molar-refractivity contribution in [2.45, 2.75) is 61.4 Å². The van der Waals surface area contributed by atoms with Crippen LogP contribution in [-0.2, 0) is 29.1 Å². The van der Waals surface area contributed by atoms with Crippen LogP contribution >= 0.6 is 0 Å². The second-order valence-corrected chi connectivity index (χ2v) is 28.1. The summed E-state index contributed by atoms with van der Waals surface area (Å²) in [5, 5.41) is 5.22.